The summed E-state index contributed by atoms with van der Waals surface area (Å²) in [6.45, 7) is 6.79. The molecule has 106 valence electrons. The molecule has 0 fully saturated rings. The summed E-state index contributed by atoms with van der Waals surface area (Å²) >= 11 is 0. The Kier molecular flexibility index (Phi) is 7.39. The monoisotopic (exact) mass is 267 g/mol. The molecule has 0 atom stereocenters. The molecule has 0 aliphatic rings. The van der Waals surface area contributed by atoms with Crippen LogP contribution in [0.3, 0.4) is 0 Å². The summed E-state index contributed by atoms with van der Waals surface area (Å²) in [7, 11) is 0. The first-order chi connectivity index (χ1) is 9.26. The van der Waals surface area contributed by atoms with Crippen LogP contribution >= 0.6 is 0 Å². The van der Waals surface area contributed by atoms with Crippen molar-refractivity contribution in [2.75, 3.05) is 26.2 Å². The van der Waals surface area contributed by atoms with Gasteiger partial charge >= 0.3 is 0 Å². The van der Waals surface area contributed by atoms with Crippen LogP contribution in [0.4, 0.5) is 4.39 Å². The minimum atomic E-state index is -0.289. The number of aliphatic imine (C=N–C) groups is 1. The third-order valence-electron chi connectivity index (χ3n) is 2.30. The van der Waals surface area contributed by atoms with Crippen molar-refractivity contribution in [2.24, 2.45) is 4.99 Å². The standard InChI is InChI=1S/C14H22FN3O/c1-3-8-17-14(16-4-2)18-9-10-19-13-7-5-6-12(15)11-13/h5-7,11H,3-4,8-10H2,1-2H3,(H2,16,17,18). The van der Waals surface area contributed by atoms with Gasteiger partial charge in [-0.3, -0.25) is 4.99 Å². The predicted molar refractivity (Wildman–Crippen MR) is 76.2 cm³/mol. The molecule has 0 saturated heterocycles. The van der Waals surface area contributed by atoms with Gasteiger partial charge in [-0.2, -0.15) is 0 Å². The molecule has 1 aromatic rings. The molecule has 0 aromatic heterocycles. The van der Waals surface area contributed by atoms with Gasteiger partial charge in [-0.25, -0.2) is 4.39 Å². The zero-order valence-electron chi connectivity index (χ0n) is 11.6. The van der Waals surface area contributed by atoms with Crippen molar-refractivity contribution in [1.82, 2.24) is 10.6 Å². The number of guanidine groups is 1. The molecule has 0 saturated carbocycles. The van der Waals surface area contributed by atoms with E-state index in [0.717, 1.165) is 25.5 Å². The van der Waals surface area contributed by atoms with Gasteiger partial charge in [-0.15, -0.1) is 0 Å². The molecule has 0 radical (unpaired) electrons. The number of ether oxygens (including phenoxy) is 1. The molecule has 1 aromatic carbocycles. The molecule has 4 nitrogen and oxygen atoms in total. The average Bonchev–Trinajstić information content (AvgIpc) is 2.41. The second kappa shape index (κ2) is 9.19. The highest BCUT2D eigenvalue weighted by Crippen LogP contribution is 2.11. The van der Waals surface area contributed by atoms with E-state index in [1.165, 1.54) is 12.1 Å². The second-order valence-corrected chi connectivity index (χ2v) is 3.99. The molecule has 0 aliphatic carbocycles. The Morgan fingerprint density at radius 3 is 2.84 bits per heavy atom. The lowest BCUT2D eigenvalue weighted by atomic mass is 10.3. The van der Waals surface area contributed by atoms with E-state index in [9.17, 15) is 4.39 Å². The number of hydrogen-bond donors (Lipinski definition) is 2. The average molecular weight is 267 g/mol. The van der Waals surface area contributed by atoms with Gasteiger partial charge in [0.1, 0.15) is 18.2 Å². The van der Waals surface area contributed by atoms with Crippen molar-refractivity contribution < 1.29 is 9.13 Å². The van der Waals surface area contributed by atoms with Crippen molar-refractivity contribution in [3.63, 3.8) is 0 Å². The van der Waals surface area contributed by atoms with Gasteiger partial charge in [-0.1, -0.05) is 13.0 Å². The number of rotatable bonds is 7. The largest absolute Gasteiger partial charge is 0.492 e. The first-order valence-electron chi connectivity index (χ1n) is 6.66. The normalized spacial score (nSPS) is 11.2. The summed E-state index contributed by atoms with van der Waals surface area (Å²) in [6, 6.07) is 6.13. The van der Waals surface area contributed by atoms with Crippen LogP contribution in [0.2, 0.25) is 0 Å². The highest BCUT2D eigenvalue weighted by molar-refractivity contribution is 5.79. The summed E-state index contributed by atoms with van der Waals surface area (Å²) in [4.78, 5) is 4.37. The fraction of sp³-hybridized carbons (Fsp3) is 0.500. The Bertz CT molecular complexity index is 396. The van der Waals surface area contributed by atoms with Crippen LogP contribution in [-0.4, -0.2) is 32.2 Å². The topological polar surface area (TPSA) is 45.7 Å². The summed E-state index contributed by atoms with van der Waals surface area (Å²) in [5.74, 6) is 1.03. The molecule has 0 spiro atoms. The summed E-state index contributed by atoms with van der Waals surface area (Å²) in [5.41, 5.74) is 0. The van der Waals surface area contributed by atoms with Gasteiger partial charge in [-0.05, 0) is 25.5 Å². The Labute approximate surface area is 114 Å². The molecule has 2 N–H and O–H groups in total. The maximum absolute atomic E-state index is 12.9. The Hall–Kier alpha value is -1.78. The van der Waals surface area contributed by atoms with Gasteiger partial charge < -0.3 is 15.4 Å². The molecular formula is C14H22FN3O. The van der Waals surface area contributed by atoms with Crippen molar-refractivity contribution in [2.45, 2.75) is 20.3 Å². The van der Waals surface area contributed by atoms with Crippen LogP contribution in [0.1, 0.15) is 20.3 Å². The maximum Gasteiger partial charge on any atom is 0.191 e. The lowest BCUT2D eigenvalue weighted by Gasteiger charge is -2.11. The summed E-state index contributed by atoms with van der Waals surface area (Å²) in [5, 5.41) is 6.31. The number of hydrogen-bond acceptors (Lipinski definition) is 2. The van der Waals surface area contributed by atoms with Crippen LogP contribution in [-0.2, 0) is 0 Å². The van der Waals surface area contributed by atoms with Crippen molar-refractivity contribution in [3.05, 3.63) is 30.1 Å². The first kappa shape index (κ1) is 15.3. The van der Waals surface area contributed by atoms with E-state index in [1.54, 1.807) is 12.1 Å². The quantitative estimate of drug-likeness (QED) is 0.452. The molecule has 0 unspecified atom stereocenters. The van der Waals surface area contributed by atoms with Crippen molar-refractivity contribution >= 4 is 5.96 Å². The van der Waals surface area contributed by atoms with Gasteiger partial charge in [0.05, 0.1) is 6.54 Å². The zero-order valence-corrected chi connectivity index (χ0v) is 11.6. The van der Waals surface area contributed by atoms with Crippen LogP contribution < -0.4 is 15.4 Å². The van der Waals surface area contributed by atoms with E-state index in [-0.39, 0.29) is 5.82 Å². The van der Waals surface area contributed by atoms with Gasteiger partial charge in [0.25, 0.3) is 0 Å². The van der Waals surface area contributed by atoms with Crippen LogP contribution in [0, 0.1) is 5.82 Å². The Morgan fingerprint density at radius 1 is 1.32 bits per heavy atom. The summed E-state index contributed by atoms with van der Waals surface area (Å²) < 4.78 is 18.4. The van der Waals surface area contributed by atoms with Crippen molar-refractivity contribution in [3.8, 4) is 5.75 Å². The minimum absolute atomic E-state index is 0.289. The van der Waals surface area contributed by atoms with E-state index >= 15 is 0 Å². The lowest BCUT2D eigenvalue weighted by molar-refractivity contribution is 0.320. The van der Waals surface area contributed by atoms with E-state index in [2.05, 4.69) is 22.5 Å². The van der Waals surface area contributed by atoms with E-state index in [0.29, 0.717) is 18.9 Å². The molecule has 0 bridgehead atoms. The third kappa shape index (κ3) is 6.64. The first-order valence-corrected chi connectivity index (χ1v) is 6.66. The molecule has 0 heterocycles. The van der Waals surface area contributed by atoms with E-state index in [1.807, 2.05) is 6.92 Å². The maximum atomic E-state index is 12.9. The predicted octanol–water partition coefficient (Wildman–Crippen LogP) is 2.17. The molecule has 5 heteroatoms. The van der Waals surface area contributed by atoms with Gasteiger partial charge in [0.15, 0.2) is 5.96 Å². The Morgan fingerprint density at radius 2 is 2.16 bits per heavy atom. The highest BCUT2D eigenvalue weighted by atomic mass is 19.1. The summed E-state index contributed by atoms with van der Waals surface area (Å²) in [6.07, 6.45) is 1.01. The fourth-order valence-electron chi connectivity index (χ4n) is 1.46. The zero-order chi connectivity index (χ0) is 13.9. The smallest absolute Gasteiger partial charge is 0.191 e. The fourth-order valence-corrected chi connectivity index (χ4v) is 1.46. The third-order valence-corrected chi connectivity index (χ3v) is 2.30. The molecule has 19 heavy (non-hydrogen) atoms. The number of halogens is 1. The Balaban J connectivity index is 2.28. The molecular weight excluding hydrogens is 245 g/mol. The molecule has 1 rings (SSSR count). The number of nitrogens with one attached hydrogen (secondary N) is 2. The van der Waals surface area contributed by atoms with Crippen LogP contribution in [0.5, 0.6) is 5.75 Å². The van der Waals surface area contributed by atoms with Gasteiger partial charge in [0.2, 0.25) is 0 Å². The van der Waals surface area contributed by atoms with Crippen molar-refractivity contribution in [1.29, 1.82) is 0 Å². The SMILES string of the molecule is CCCN=C(NCC)NCCOc1cccc(F)c1. The number of benzene rings is 1. The second-order valence-electron chi connectivity index (χ2n) is 3.99. The van der Waals surface area contributed by atoms with E-state index < -0.39 is 0 Å². The minimum Gasteiger partial charge on any atom is -0.492 e. The van der Waals surface area contributed by atoms with Gasteiger partial charge in [0, 0.05) is 19.2 Å². The molecule has 0 amide bonds. The molecule has 0 aliphatic heterocycles. The lowest BCUT2D eigenvalue weighted by Crippen LogP contribution is -2.39. The number of nitrogens with zero attached hydrogens (tertiary/aromatic N) is 1. The highest BCUT2D eigenvalue weighted by Gasteiger charge is 1.98. The van der Waals surface area contributed by atoms with Crippen LogP contribution in [0.25, 0.3) is 0 Å². The van der Waals surface area contributed by atoms with Crippen LogP contribution in [0.15, 0.2) is 29.3 Å². The van der Waals surface area contributed by atoms with E-state index in [4.69, 9.17) is 4.74 Å².